The summed E-state index contributed by atoms with van der Waals surface area (Å²) in [5, 5.41) is 18.7. The van der Waals surface area contributed by atoms with E-state index >= 15 is 0 Å². The lowest BCUT2D eigenvalue weighted by molar-refractivity contribution is -0.118. The smallest absolute Gasteiger partial charge is 0.150 e. The van der Waals surface area contributed by atoms with Gasteiger partial charge in [-0.15, -0.1) is 0 Å². The van der Waals surface area contributed by atoms with Crippen molar-refractivity contribution in [1.82, 2.24) is 0 Å². The Morgan fingerprint density at radius 1 is 0.938 bits per heavy atom. The number of nitrogens with zero attached hydrogens (tertiary/aromatic N) is 2. The van der Waals surface area contributed by atoms with E-state index in [1.54, 1.807) is 13.8 Å². The van der Waals surface area contributed by atoms with Crippen LogP contribution in [0.5, 0.6) is 11.5 Å². The van der Waals surface area contributed by atoms with E-state index in [0.717, 1.165) is 15.4 Å². The SMILES string of the molecule is CC(=O)CCCOc1cc(C(C)(C)C)c(OCCCC(C)=O)c2c1SC(=C(C#N)C#N)S2. The Labute approximate surface area is 198 Å². The van der Waals surface area contributed by atoms with E-state index in [4.69, 9.17) is 9.47 Å². The molecule has 0 aromatic heterocycles. The van der Waals surface area contributed by atoms with Crippen molar-refractivity contribution < 1.29 is 19.1 Å². The molecule has 32 heavy (non-hydrogen) atoms. The second-order valence-electron chi connectivity index (χ2n) is 8.56. The summed E-state index contributed by atoms with van der Waals surface area (Å²) in [5.41, 5.74) is 0.747. The molecule has 0 amide bonds. The number of hydrogen-bond acceptors (Lipinski definition) is 8. The van der Waals surface area contributed by atoms with Crippen molar-refractivity contribution in [1.29, 1.82) is 10.5 Å². The number of ketones is 2. The Morgan fingerprint density at radius 2 is 1.47 bits per heavy atom. The third-order valence-electron chi connectivity index (χ3n) is 4.63. The predicted octanol–water partition coefficient (Wildman–Crippen LogP) is 5.94. The van der Waals surface area contributed by atoms with Crippen LogP contribution in [0.4, 0.5) is 0 Å². The summed E-state index contributed by atoms with van der Waals surface area (Å²) in [6.45, 7) is 10.1. The van der Waals surface area contributed by atoms with Gasteiger partial charge >= 0.3 is 0 Å². The molecule has 0 fully saturated rings. The molecular formula is C24H28N2O4S2. The second-order valence-corrected chi connectivity index (χ2v) is 10.9. The minimum absolute atomic E-state index is 0.0542. The summed E-state index contributed by atoms with van der Waals surface area (Å²) in [5.74, 6) is 1.60. The molecule has 0 spiro atoms. The zero-order chi connectivity index (χ0) is 23.9. The lowest BCUT2D eigenvalue weighted by atomic mass is 9.86. The van der Waals surface area contributed by atoms with Crippen LogP contribution in [-0.4, -0.2) is 24.8 Å². The third-order valence-corrected chi connectivity index (χ3v) is 7.24. The molecule has 0 saturated heterocycles. The minimum Gasteiger partial charge on any atom is -0.492 e. The van der Waals surface area contributed by atoms with Gasteiger partial charge in [-0.25, -0.2) is 0 Å². The number of rotatable bonds is 10. The molecule has 1 aliphatic rings. The van der Waals surface area contributed by atoms with Gasteiger partial charge in [-0.3, -0.25) is 0 Å². The van der Waals surface area contributed by atoms with Crippen LogP contribution in [0.25, 0.3) is 0 Å². The molecule has 0 atom stereocenters. The zero-order valence-corrected chi connectivity index (χ0v) is 20.8. The number of ether oxygens (including phenoxy) is 2. The average molecular weight is 473 g/mol. The monoisotopic (exact) mass is 472 g/mol. The Bertz CT molecular complexity index is 995. The van der Waals surface area contributed by atoms with E-state index in [9.17, 15) is 20.1 Å². The van der Waals surface area contributed by atoms with Gasteiger partial charge in [0.25, 0.3) is 0 Å². The van der Waals surface area contributed by atoms with Gasteiger partial charge < -0.3 is 19.1 Å². The maximum atomic E-state index is 11.3. The normalized spacial score (nSPS) is 12.5. The molecule has 2 rings (SSSR count). The topological polar surface area (TPSA) is 100 Å². The van der Waals surface area contributed by atoms with Crippen LogP contribution in [0.2, 0.25) is 0 Å². The largest absolute Gasteiger partial charge is 0.492 e. The number of allylic oxidation sites excluding steroid dienone is 1. The quantitative estimate of drug-likeness (QED) is 0.305. The molecule has 1 aliphatic heterocycles. The van der Waals surface area contributed by atoms with Crippen molar-refractivity contribution in [3.8, 4) is 23.6 Å². The Balaban J connectivity index is 2.49. The summed E-state index contributed by atoms with van der Waals surface area (Å²) < 4.78 is 12.9. The molecule has 1 aromatic rings. The van der Waals surface area contributed by atoms with Gasteiger partial charge in [0.2, 0.25) is 0 Å². The Kier molecular flexibility index (Phi) is 9.24. The van der Waals surface area contributed by atoms with Crippen molar-refractivity contribution in [3.63, 3.8) is 0 Å². The van der Waals surface area contributed by atoms with Crippen molar-refractivity contribution >= 4 is 35.1 Å². The van der Waals surface area contributed by atoms with Crippen LogP contribution < -0.4 is 9.47 Å². The van der Waals surface area contributed by atoms with Crippen LogP contribution >= 0.6 is 23.5 Å². The van der Waals surface area contributed by atoms with Gasteiger partial charge in [0.15, 0.2) is 0 Å². The maximum absolute atomic E-state index is 11.3. The highest BCUT2D eigenvalue weighted by Crippen LogP contribution is 2.60. The molecule has 0 N–H and O–H groups in total. The van der Waals surface area contributed by atoms with E-state index in [2.05, 4.69) is 20.8 Å². The Morgan fingerprint density at radius 3 is 1.97 bits per heavy atom. The molecule has 0 saturated carbocycles. The number of fused-ring (bicyclic) bond motifs is 1. The second kappa shape index (κ2) is 11.4. The summed E-state index contributed by atoms with van der Waals surface area (Å²) >= 11 is 2.68. The summed E-state index contributed by atoms with van der Waals surface area (Å²) in [6.07, 6.45) is 2.12. The number of carbonyl (C=O) groups excluding carboxylic acids is 2. The molecule has 0 bridgehead atoms. The molecule has 1 aromatic carbocycles. The van der Waals surface area contributed by atoms with E-state index in [-0.39, 0.29) is 22.6 Å². The van der Waals surface area contributed by atoms with Crippen molar-refractivity contribution in [3.05, 3.63) is 21.4 Å². The number of carbonyl (C=O) groups is 2. The van der Waals surface area contributed by atoms with Crippen LogP contribution in [0.3, 0.4) is 0 Å². The highest BCUT2D eigenvalue weighted by atomic mass is 32.2. The van der Waals surface area contributed by atoms with Gasteiger partial charge in [0.1, 0.15) is 40.8 Å². The lowest BCUT2D eigenvalue weighted by Crippen LogP contribution is -2.15. The summed E-state index contributed by atoms with van der Waals surface area (Å²) in [6, 6.07) is 5.88. The van der Waals surface area contributed by atoms with Crippen molar-refractivity contribution in [2.45, 2.75) is 75.5 Å². The van der Waals surface area contributed by atoms with Crippen LogP contribution in [0.1, 0.15) is 65.9 Å². The highest BCUT2D eigenvalue weighted by Gasteiger charge is 2.33. The van der Waals surface area contributed by atoms with Gasteiger partial charge in [-0.2, -0.15) is 10.5 Å². The summed E-state index contributed by atoms with van der Waals surface area (Å²) in [4.78, 5) is 24.2. The van der Waals surface area contributed by atoms with E-state index < -0.39 is 0 Å². The number of hydrogen-bond donors (Lipinski definition) is 0. The third kappa shape index (κ3) is 6.79. The fourth-order valence-electron chi connectivity index (χ4n) is 3.02. The van der Waals surface area contributed by atoms with Crippen LogP contribution in [0, 0.1) is 22.7 Å². The first kappa shape index (κ1) is 25.8. The molecule has 6 nitrogen and oxygen atoms in total. The van der Waals surface area contributed by atoms with E-state index in [1.807, 2.05) is 18.2 Å². The fraction of sp³-hybridized carbons (Fsp3) is 0.500. The van der Waals surface area contributed by atoms with Crippen LogP contribution in [-0.2, 0) is 15.0 Å². The van der Waals surface area contributed by atoms with Gasteiger partial charge in [0, 0.05) is 18.4 Å². The molecule has 170 valence electrons. The number of nitriles is 2. The molecule has 0 radical (unpaired) electrons. The number of benzene rings is 1. The fourth-order valence-corrected chi connectivity index (χ4v) is 5.55. The number of Topliss-reactive ketones (excluding diaryl/α,β-unsaturated/α-hetero) is 2. The highest BCUT2D eigenvalue weighted by molar-refractivity contribution is 8.24. The molecule has 8 heteroatoms. The van der Waals surface area contributed by atoms with Gasteiger partial charge in [-0.05, 0) is 38.2 Å². The average Bonchev–Trinajstić information content (AvgIpc) is 3.14. The van der Waals surface area contributed by atoms with Gasteiger partial charge in [-0.1, -0.05) is 44.3 Å². The molecular weight excluding hydrogens is 444 g/mol. The van der Waals surface area contributed by atoms with Gasteiger partial charge in [0.05, 0.1) is 27.2 Å². The first-order valence-corrected chi connectivity index (χ1v) is 12.1. The zero-order valence-electron chi connectivity index (χ0n) is 19.2. The van der Waals surface area contributed by atoms with Crippen LogP contribution in [0.15, 0.2) is 25.7 Å². The summed E-state index contributed by atoms with van der Waals surface area (Å²) in [7, 11) is 0. The predicted molar refractivity (Wildman–Crippen MR) is 126 cm³/mol. The first-order valence-electron chi connectivity index (χ1n) is 10.4. The van der Waals surface area contributed by atoms with E-state index in [0.29, 0.717) is 54.6 Å². The standard InChI is InChI=1S/C24H28N2O4S2/c1-15(27)8-6-10-29-19-12-18(24(3,4)5)20(30-11-7-9-16(2)28)22-21(19)31-23(32-22)17(13-25)14-26/h12H,6-11H2,1-5H3. The van der Waals surface area contributed by atoms with Crippen molar-refractivity contribution in [2.24, 2.45) is 0 Å². The molecule has 0 unspecified atom stereocenters. The molecule has 1 heterocycles. The lowest BCUT2D eigenvalue weighted by Gasteiger charge is -2.26. The first-order chi connectivity index (χ1) is 15.1. The Hall–Kier alpha value is -2.42. The minimum atomic E-state index is -0.257. The van der Waals surface area contributed by atoms with E-state index in [1.165, 1.54) is 23.5 Å². The maximum Gasteiger partial charge on any atom is 0.150 e. The molecule has 0 aliphatic carbocycles. The van der Waals surface area contributed by atoms with Crippen molar-refractivity contribution in [2.75, 3.05) is 13.2 Å². The number of thioether (sulfide) groups is 2.